The van der Waals surface area contributed by atoms with Crippen molar-refractivity contribution in [3.8, 4) is 0 Å². The number of carbonyl (C=O) groups excluding carboxylic acids is 1. The zero-order chi connectivity index (χ0) is 37.0. The van der Waals surface area contributed by atoms with E-state index in [1.54, 1.807) is 6.08 Å². The van der Waals surface area contributed by atoms with Gasteiger partial charge in [0.1, 0.15) is 24.4 Å². The van der Waals surface area contributed by atoms with Gasteiger partial charge in [-0.05, 0) is 19.3 Å². The van der Waals surface area contributed by atoms with Gasteiger partial charge in [0.05, 0.1) is 25.4 Å². The van der Waals surface area contributed by atoms with E-state index in [1.165, 1.54) is 89.9 Å². The van der Waals surface area contributed by atoms with Crippen molar-refractivity contribution < 1.29 is 51.8 Å². The Hall–Kier alpha value is -1.16. The van der Waals surface area contributed by atoms with Crippen LogP contribution in [0.1, 0.15) is 162 Å². The molecule has 50 heavy (non-hydrogen) atoms. The number of ether oxygens (including phenoxy) is 2. The maximum atomic E-state index is 12.9. The molecule has 7 atom stereocenters. The molecule has 1 aliphatic heterocycles. The summed E-state index contributed by atoms with van der Waals surface area (Å²) < 4.78 is 47.3. The maximum Gasteiger partial charge on any atom is 0.397 e. The van der Waals surface area contributed by atoms with Gasteiger partial charge in [-0.15, -0.1) is 0 Å². The fraction of sp³-hybridized carbons (Fsp3) is 0.919. The van der Waals surface area contributed by atoms with E-state index in [1.807, 2.05) is 6.08 Å². The molecule has 0 aromatic rings. The van der Waals surface area contributed by atoms with Gasteiger partial charge >= 0.3 is 10.4 Å². The summed E-state index contributed by atoms with van der Waals surface area (Å²) >= 11 is 0. The summed E-state index contributed by atoms with van der Waals surface area (Å²) in [4.78, 5) is 12.9. The fourth-order valence-corrected chi connectivity index (χ4v) is 6.73. The molecule has 1 amide bonds. The molecule has 0 radical (unpaired) electrons. The number of nitrogens with one attached hydrogen (secondary N) is 1. The average molecular weight is 738 g/mol. The van der Waals surface area contributed by atoms with Gasteiger partial charge in [-0.3, -0.25) is 9.35 Å². The SMILES string of the molecule is CCCCCCCCC/C=C/C(O)C(COC1OC(CO)C(O)C(OS(=O)(=O)O)C1O)NC(=O)CCCCCCCCCCCCCCCC. The Morgan fingerprint density at radius 2 is 1.26 bits per heavy atom. The molecule has 0 spiro atoms. The highest BCUT2D eigenvalue weighted by atomic mass is 32.3. The second-order valence-electron chi connectivity index (χ2n) is 13.9. The molecule has 1 saturated heterocycles. The van der Waals surface area contributed by atoms with Crippen molar-refractivity contribution in [1.82, 2.24) is 5.32 Å². The topological polar surface area (TPSA) is 192 Å². The van der Waals surface area contributed by atoms with Crippen LogP contribution in [0.3, 0.4) is 0 Å². The Morgan fingerprint density at radius 3 is 1.74 bits per heavy atom. The zero-order valence-electron chi connectivity index (χ0n) is 31.0. The molecule has 0 saturated carbocycles. The molecular formula is C37H71NO11S. The number of amides is 1. The second-order valence-corrected chi connectivity index (χ2v) is 14.9. The van der Waals surface area contributed by atoms with E-state index in [4.69, 9.17) is 14.0 Å². The van der Waals surface area contributed by atoms with Gasteiger partial charge in [-0.2, -0.15) is 8.42 Å². The Balaban J connectivity index is 2.60. The van der Waals surface area contributed by atoms with E-state index in [2.05, 4.69) is 23.3 Å². The van der Waals surface area contributed by atoms with Crippen LogP contribution in [0, 0.1) is 0 Å². The van der Waals surface area contributed by atoms with Crippen molar-refractivity contribution in [3.05, 3.63) is 12.2 Å². The molecular weight excluding hydrogens is 666 g/mol. The van der Waals surface area contributed by atoms with E-state index >= 15 is 0 Å². The van der Waals surface area contributed by atoms with E-state index in [-0.39, 0.29) is 18.9 Å². The third kappa shape index (κ3) is 22.7. The van der Waals surface area contributed by atoms with Crippen LogP contribution in [0.25, 0.3) is 0 Å². The highest BCUT2D eigenvalue weighted by molar-refractivity contribution is 7.80. The summed E-state index contributed by atoms with van der Waals surface area (Å²) in [5.74, 6) is -0.265. The summed E-state index contributed by atoms with van der Waals surface area (Å²) in [6, 6.07) is -0.935. The smallest absolute Gasteiger partial charge is 0.394 e. The number of aliphatic hydroxyl groups is 4. The number of rotatable bonds is 32. The number of aliphatic hydroxyl groups excluding tert-OH is 4. The molecule has 0 aliphatic carbocycles. The van der Waals surface area contributed by atoms with Crippen LogP contribution in [-0.4, -0.2) is 95.4 Å². The lowest BCUT2D eigenvalue weighted by molar-refractivity contribution is -0.298. The quantitative estimate of drug-likeness (QED) is 0.0268. The summed E-state index contributed by atoms with van der Waals surface area (Å²) in [6.45, 7) is 3.32. The summed E-state index contributed by atoms with van der Waals surface area (Å²) in [7, 11) is -5.07. The average Bonchev–Trinajstić information content (AvgIpc) is 3.08. The van der Waals surface area contributed by atoms with Crippen molar-refractivity contribution in [1.29, 1.82) is 0 Å². The first-order chi connectivity index (χ1) is 24.0. The summed E-state index contributed by atoms with van der Waals surface area (Å²) in [5.41, 5.74) is 0. The molecule has 0 aromatic carbocycles. The Morgan fingerprint density at radius 1 is 0.780 bits per heavy atom. The number of unbranched alkanes of at least 4 members (excludes halogenated alkanes) is 20. The van der Waals surface area contributed by atoms with Crippen LogP contribution in [0.5, 0.6) is 0 Å². The number of hydrogen-bond acceptors (Lipinski definition) is 10. The Bertz CT molecular complexity index is 967. The van der Waals surface area contributed by atoms with Crippen molar-refractivity contribution in [3.63, 3.8) is 0 Å². The van der Waals surface area contributed by atoms with Crippen molar-refractivity contribution in [2.24, 2.45) is 0 Å². The first-order valence-corrected chi connectivity index (χ1v) is 20.9. The monoisotopic (exact) mass is 737 g/mol. The normalized spacial score (nSPS) is 22.6. The Labute approximate surface area is 302 Å². The number of carbonyl (C=O) groups is 1. The molecule has 1 fully saturated rings. The van der Waals surface area contributed by atoms with Crippen molar-refractivity contribution in [2.45, 2.75) is 204 Å². The molecule has 1 rings (SSSR count). The molecule has 12 nitrogen and oxygen atoms in total. The van der Waals surface area contributed by atoms with Crippen LogP contribution in [-0.2, 0) is 28.9 Å². The predicted octanol–water partition coefficient (Wildman–Crippen LogP) is 6.04. The lowest BCUT2D eigenvalue weighted by atomic mass is 9.99. The van der Waals surface area contributed by atoms with Gasteiger partial charge in [-0.1, -0.05) is 148 Å². The largest absolute Gasteiger partial charge is 0.397 e. The van der Waals surface area contributed by atoms with Crippen LogP contribution in [0.15, 0.2) is 12.2 Å². The molecule has 0 aromatic heterocycles. The molecule has 1 aliphatic rings. The molecule has 6 N–H and O–H groups in total. The van der Waals surface area contributed by atoms with Crippen LogP contribution in [0.2, 0.25) is 0 Å². The van der Waals surface area contributed by atoms with Crippen LogP contribution < -0.4 is 5.32 Å². The second kappa shape index (κ2) is 29.3. The first-order valence-electron chi connectivity index (χ1n) is 19.6. The third-order valence-electron chi connectivity index (χ3n) is 9.32. The zero-order valence-corrected chi connectivity index (χ0v) is 31.8. The fourth-order valence-electron chi connectivity index (χ4n) is 6.22. The lowest BCUT2D eigenvalue weighted by Crippen LogP contribution is -2.61. The summed E-state index contributed by atoms with van der Waals surface area (Å²) in [6.07, 6.45) is 19.9. The molecule has 1 heterocycles. The van der Waals surface area contributed by atoms with E-state index in [0.717, 1.165) is 44.9 Å². The van der Waals surface area contributed by atoms with E-state index in [9.17, 15) is 33.6 Å². The Kier molecular flexibility index (Phi) is 27.5. The van der Waals surface area contributed by atoms with Gasteiger partial charge < -0.3 is 35.2 Å². The first kappa shape index (κ1) is 46.9. The van der Waals surface area contributed by atoms with Crippen molar-refractivity contribution >= 4 is 16.3 Å². The standard InChI is InChI=1S/C37H71NO11S/c1-3-5-7-9-11-13-14-15-16-17-19-21-23-25-27-33(41)38-30(31(40)26-24-22-20-18-12-10-8-6-4-2)29-47-37-35(43)36(49-50(44,45)46)34(42)32(28-39)48-37/h24,26,30-32,34-37,39-40,42-43H,3-23,25,27-29H2,1-2H3,(H,38,41)(H,44,45,46)/b26-24+. The number of hydrogen-bond donors (Lipinski definition) is 6. The van der Waals surface area contributed by atoms with Crippen molar-refractivity contribution in [2.75, 3.05) is 13.2 Å². The van der Waals surface area contributed by atoms with Gasteiger partial charge in [0, 0.05) is 6.42 Å². The molecule has 13 heteroatoms. The van der Waals surface area contributed by atoms with Gasteiger partial charge in [-0.25, -0.2) is 4.18 Å². The van der Waals surface area contributed by atoms with Crippen LogP contribution >= 0.6 is 0 Å². The van der Waals surface area contributed by atoms with E-state index < -0.39 is 59.9 Å². The molecule has 0 bridgehead atoms. The van der Waals surface area contributed by atoms with Gasteiger partial charge in [0.15, 0.2) is 6.29 Å². The predicted molar refractivity (Wildman–Crippen MR) is 195 cm³/mol. The lowest BCUT2D eigenvalue weighted by Gasteiger charge is -2.41. The minimum Gasteiger partial charge on any atom is -0.394 e. The highest BCUT2D eigenvalue weighted by Gasteiger charge is 2.48. The van der Waals surface area contributed by atoms with Gasteiger partial charge in [0.25, 0.3) is 0 Å². The molecule has 296 valence electrons. The minimum atomic E-state index is -5.07. The molecule has 7 unspecified atom stereocenters. The highest BCUT2D eigenvalue weighted by Crippen LogP contribution is 2.26. The summed E-state index contributed by atoms with van der Waals surface area (Å²) in [5, 5.41) is 44.3. The van der Waals surface area contributed by atoms with Crippen LogP contribution in [0.4, 0.5) is 0 Å². The third-order valence-corrected chi connectivity index (χ3v) is 9.78. The van der Waals surface area contributed by atoms with E-state index in [0.29, 0.717) is 6.42 Å². The number of allylic oxidation sites excluding steroid dienone is 1. The minimum absolute atomic E-state index is 0.265. The van der Waals surface area contributed by atoms with Gasteiger partial charge in [0.2, 0.25) is 5.91 Å². The maximum absolute atomic E-state index is 12.9.